The largest absolute Gasteiger partial charge is 0.435 e. The zero-order valence-electron chi connectivity index (χ0n) is 23.5. The highest BCUT2D eigenvalue weighted by atomic mass is 32.2. The van der Waals surface area contributed by atoms with E-state index in [4.69, 9.17) is 0 Å². The SMILES string of the molecule is CS(=O)(=O)N[C@H]1C[C@H](NC(=O)[C@@H]2CC[C@@]3(S(=O)(=O)c4ccc(F)cc4)c4ccc(C(F)(C(F)(F)F)C(F)(F)F)cc4CC[C@@H]23)C1. The molecule has 0 bridgehead atoms. The molecule has 3 atom stereocenters. The smallest absolute Gasteiger partial charge is 0.353 e. The molecule has 5 rings (SSSR count). The molecule has 0 radical (unpaired) electrons. The fourth-order valence-electron chi connectivity index (χ4n) is 7.14. The topological polar surface area (TPSA) is 109 Å². The number of hydrogen-bond acceptors (Lipinski definition) is 5. The zero-order chi connectivity index (χ0) is 33.4. The van der Waals surface area contributed by atoms with E-state index in [0.717, 1.165) is 36.6 Å². The first-order chi connectivity index (χ1) is 20.6. The lowest BCUT2D eigenvalue weighted by atomic mass is 9.72. The van der Waals surface area contributed by atoms with Crippen LogP contribution in [-0.2, 0) is 41.5 Å². The maximum atomic E-state index is 15.0. The van der Waals surface area contributed by atoms with Crippen molar-refractivity contribution in [2.75, 3.05) is 6.26 Å². The van der Waals surface area contributed by atoms with Gasteiger partial charge in [-0.05, 0) is 79.8 Å². The van der Waals surface area contributed by atoms with Crippen molar-refractivity contribution in [3.05, 3.63) is 65.0 Å². The van der Waals surface area contributed by atoms with Crippen LogP contribution in [0.2, 0.25) is 0 Å². The van der Waals surface area contributed by atoms with Gasteiger partial charge in [0, 0.05) is 23.6 Å². The van der Waals surface area contributed by atoms with Crippen LogP contribution < -0.4 is 10.0 Å². The van der Waals surface area contributed by atoms with Crippen molar-refractivity contribution < 1.29 is 56.8 Å². The first kappa shape index (κ1) is 33.6. The lowest BCUT2D eigenvalue weighted by Crippen LogP contribution is -2.55. The van der Waals surface area contributed by atoms with Gasteiger partial charge in [-0.25, -0.2) is 30.3 Å². The van der Waals surface area contributed by atoms with E-state index in [-0.39, 0.29) is 60.6 Å². The second-order valence-corrected chi connectivity index (χ2v) is 15.9. The average Bonchev–Trinajstić information content (AvgIpc) is 3.31. The minimum atomic E-state index is -6.37. The van der Waals surface area contributed by atoms with Gasteiger partial charge in [0.25, 0.3) is 0 Å². The summed E-state index contributed by atoms with van der Waals surface area (Å²) in [5, 5.41) is 2.79. The number of nitrogens with one attached hydrogen (secondary N) is 2. The number of sulfone groups is 1. The van der Waals surface area contributed by atoms with Crippen molar-refractivity contribution in [1.29, 1.82) is 0 Å². The normalized spacial score (nSPS) is 27.3. The maximum absolute atomic E-state index is 15.0. The number of carbonyl (C=O) groups is 1. The molecule has 0 unspecified atom stereocenters. The van der Waals surface area contributed by atoms with Gasteiger partial charge >= 0.3 is 18.0 Å². The van der Waals surface area contributed by atoms with Gasteiger partial charge in [0.1, 0.15) is 10.6 Å². The van der Waals surface area contributed by atoms with Crippen molar-refractivity contribution in [3.8, 4) is 0 Å². The van der Waals surface area contributed by atoms with E-state index in [1.807, 2.05) is 0 Å². The summed E-state index contributed by atoms with van der Waals surface area (Å²) in [6.07, 6.45) is -11.8. The standard InChI is InChI=1S/C28H28F8N2O5S2/c1-44(40,41)38-19-13-18(14-19)37-24(39)21-10-11-25(45(42,43)20-6-4-17(29)5-7-20)22-9-3-16(12-15(22)2-8-23(21)25)26(30,27(31,32)33)28(34,35)36/h3-7,9,12,18-19,21,23,38H,2,8,10-11,13-14H2,1H3,(H,37,39)/t18-,19-,21-,23+,25-/m1/s1. The molecule has 0 spiro atoms. The number of hydrogen-bond donors (Lipinski definition) is 2. The summed E-state index contributed by atoms with van der Waals surface area (Å²) in [7, 11) is -8.05. The number of rotatable bonds is 7. The molecule has 0 saturated heterocycles. The van der Waals surface area contributed by atoms with E-state index in [2.05, 4.69) is 10.0 Å². The number of amides is 1. The van der Waals surface area contributed by atoms with Gasteiger partial charge < -0.3 is 5.32 Å². The number of alkyl halides is 7. The Balaban J connectivity index is 1.55. The quantitative estimate of drug-likeness (QED) is 0.316. The van der Waals surface area contributed by atoms with E-state index in [1.165, 1.54) is 0 Å². The van der Waals surface area contributed by atoms with Crippen LogP contribution in [0.3, 0.4) is 0 Å². The number of aryl methyl sites for hydroxylation is 1. The summed E-state index contributed by atoms with van der Waals surface area (Å²) >= 11 is 0. The molecule has 0 aliphatic heterocycles. The highest BCUT2D eigenvalue weighted by molar-refractivity contribution is 7.92. The Labute approximate surface area is 253 Å². The molecule has 0 aromatic heterocycles. The lowest BCUT2D eigenvalue weighted by molar-refractivity contribution is -0.348. The average molecular weight is 689 g/mol. The number of sulfonamides is 1. The predicted molar refractivity (Wildman–Crippen MR) is 144 cm³/mol. The first-order valence-corrected chi connectivity index (χ1v) is 17.2. The van der Waals surface area contributed by atoms with E-state index in [1.54, 1.807) is 0 Å². The molecule has 2 N–H and O–H groups in total. The van der Waals surface area contributed by atoms with Crippen LogP contribution in [0, 0.1) is 17.7 Å². The summed E-state index contributed by atoms with van der Waals surface area (Å²) < 4.78 is 162. The van der Waals surface area contributed by atoms with Gasteiger partial charge in [0.15, 0.2) is 9.84 Å². The second kappa shape index (κ2) is 10.9. The Bertz CT molecular complexity index is 1690. The number of benzene rings is 2. The summed E-state index contributed by atoms with van der Waals surface area (Å²) in [4.78, 5) is 13.1. The number of halogens is 8. The van der Waals surface area contributed by atoms with Crippen LogP contribution in [0.1, 0.15) is 48.8 Å². The van der Waals surface area contributed by atoms with Crippen molar-refractivity contribution in [2.24, 2.45) is 11.8 Å². The molecule has 1 amide bonds. The Morgan fingerprint density at radius 1 is 0.867 bits per heavy atom. The predicted octanol–water partition coefficient (Wildman–Crippen LogP) is 4.95. The molecular formula is C28H28F8N2O5S2. The second-order valence-electron chi connectivity index (χ2n) is 11.9. The van der Waals surface area contributed by atoms with Crippen LogP contribution in [0.4, 0.5) is 35.1 Å². The third kappa shape index (κ3) is 5.51. The fourth-order valence-corrected chi connectivity index (χ4v) is 10.4. The molecule has 2 fully saturated rings. The molecular weight excluding hydrogens is 660 g/mol. The number of carbonyl (C=O) groups excluding carboxylic acids is 1. The van der Waals surface area contributed by atoms with Crippen LogP contribution in [0.15, 0.2) is 47.4 Å². The molecule has 0 heterocycles. The Morgan fingerprint density at radius 3 is 2.02 bits per heavy atom. The van der Waals surface area contributed by atoms with Gasteiger partial charge in [0.05, 0.1) is 11.2 Å². The molecule has 3 aliphatic carbocycles. The van der Waals surface area contributed by atoms with Gasteiger partial charge in [-0.3, -0.25) is 4.79 Å². The van der Waals surface area contributed by atoms with E-state index in [0.29, 0.717) is 6.07 Å². The summed E-state index contributed by atoms with van der Waals surface area (Å²) in [5.41, 5.74) is -7.85. The number of fused-ring (bicyclic) bond motifs is 3. The van der Waals surface area contributed by atoms with Crippen molar-refractivity contribution in [1.82, 2.24) is 10.0 Å². The monoisotopic (exact) mass is 688 g/mol. The molecule has 2 aromatic rings. The first-order valence-electron chi connectivity index (χ1n) is 13.9. The van der Waals surface area contributed by atoms with Gasteiger partial charge in [-0.2, -0.15) is 26.3 Å². The molecule has 2 saturated carbocycles. The van der Waals surface area contributed by atoms with E-state index >= 15 is 0 Å². The summed E-state index contributed by atoms with van der Waals surface area (Å²) in [6, 6.07) is 4.34. The van der Waals surface area contributed by atoms with Crippen molar-refractivity contribution in [3.63, 3.8) is 0 Å². The highest BCUT2D eigenvalue weighted by Crippen LogP contribution is 2.60. The molecule has 248 valence electrons. The Kier molecular flexibility index (Phi) is 8.13. The maximum Gasteiger partial charge on any atom is 0.435 e. The summed E-state index contributed by atoms with van der Waals surface area (Å²) in [5.74, 6) is -3.23. The third-order valence-corrected chi connectivity index (χ3v) is 12.5. The highest BCUT2D eigenvalue weighted by Gasteiger charge is 2.74. The van der Waals surface area contributed by atoms with Gasteiger partial charge in [-0.15, -0.1) is 0 Å². The minimum absolute atomic E-state index is 0.0198. The molecule has 7 nitrogen and oxygen atoms in total. The minimum Gasteiger partial charge on any atom is -0.353 e. The zero-order valence-corrected chi connectivity index (χ0v) is 25.1. The third-order valence-electron chi connectivity index (χ3n) is 9.18. The van der Waals surface area contributed by atoms with Gasteiger partial charge in [0.2, 0.25) is 15.9 Å². The van der Waals surface area contributed by atoms with E-state index < -0.39 is 83.8 Å². The van der Waals surface area contributed by atoms with Gasteiger partial charge in [-0.1, -0.05) is 18.2 Å². The van der Waals surface area contributed by atoms with Crippen LogP contribution >= 0.6 is 0 Å². The van der Waals surface area contributed by atoms with Crippen LogP contribution in [-0.4, -0.2) is 53.4 Å². The summed E-state index contributed by atoms with van der Waals surface area (Å²) in [6.45, 7) is 0. The molecule has 45 heavy (non-hydrogen) atoms. The Hall–Kier alpha value is -2.79. The van der Waals surface area contributed by atoms with Crippen LogP contribution in [0.25, 0.3) is 0 Å². The van der Waals surface area contributed by atoms with E-state index in [9.17, 15) is 56.8 Å². The van der Waals surface area contributed by atoms with Crippen LogP contribution in [0.5, 0.6) is 0 Å². The molecule has 17 heteroatoms. The fraction of sp³-hybridized carbons (Fsp3) is 0.536. The van der Waals surface area contributed by atoms with Crippen molar-refractivity contribution in [2.45, 2.75) is 78.3 Å². The molecule has 2 aromatic carbocycles. The van der Waals surface area contributed by atoms with Crippen molar-refractivity contribution >= 4 is 25.8 Å². The molecule has 3 aliphatic rings. The lowest BCUT2D eigenvalue weighted by Gasteiger charge is -2.43. The Morgan fingerprint density at radius 2 is 1.47 bits per heavy atom.